The Morgan fingerprint density at radius 1 is 1.28 bits per heavy atom. The third-order valence-electron chi connectivity index (χ3n) is 2.27. The monoisotopic (exact) mass is 266 g/mol. The first kappa shape index (κ1) is 12.4. The number of anilines is 1. The molecule has 1 aromatic carbocycles. The molecule has 1 aromatic heterocycles. The van der Waals surface area contributed by atoms with E-state index in [1.54, 1.807) is 0 Å². The number of nitrogens with zero attached hydrogens (tertiary/aromatic N) is 2. The van der Waals surface area contributed by atoms with Crippen LogP contribution in [0.25, 0.3) is 10.9 Å². The fourth-order valence-corrected chi connectivity index (χ4v) is 1.71. The van der Waals surface area contributed by atoms with Gasteiger partial charge in [-0.15, -0.1) is 0 Å². The molecule has 0 atom stereocenters. The molecule has 0 radical (unpaired) electrons. The Labute approximate surface area is 108 Å². The summed E-state index contributed by atoms with van der Waals surface area (Å²) >= 11 is 5.82. The van der Waals surface area contributed by atoms with Crippen molar-refractivity contribution in [2.45, 2.75) is 0 Å². The summed E-state index contributed by atoms with van der Waals surface area (Å²) < 4.78 is 0. The second-order valence-corrected chi connectivity index (χ2v) is 3.86. The zero-order valence-corrected chi connectivity index (χ0v) is 10.1. The van der Waals surface area contributed by atoms with E-state index < -0.39 is 6.09 Å². The number of nitrogens with one attached hydrogen (secondary N) is 2. The number of hydrogen-bond donors (Lipinski definition) is 3. The Bertz CT molecular complexity index is 576. The minimum absolute atomic E-state index is 0.155. The number of fused-ring (bicyclic) bond motifs is 1. The molecule has 18 heavy (non-hydrogen) atoms. The normalized spacial score (nSPS) is 10.3. The fraction of sp³-hybridized carbons (Fsp3) is 0.182. The van der Waals surface area contributed by atoms with Crippen molar-refractivity contribution in [1.29, 1.82) is 0 Å². The molecule has 6 nitrogen and oxygen atoms in total. The van der Waals surface area contributed by atoms with Crippen molar-refractivity contribution in [3.8, 4) is 0 Å². The first-order chi connectivity index (χ1) is 8.66. The van der Waals surface area contributed by atoms with E-state index in [1.165, 1.54) is 0 Å². The molecule has 7 heteroatoms. The molecule has 0 aliphatic carbocycles. The standard InChI is InChI=1S/C11H11ClN4O2/c12-10-15-8-4-2-1-3-7(8)9(16-10)13-5-6-14-11(17)18/h1-4,14H,5-6H2,(H,17,18)(H,13,15,16). The van der Waals surface area contributed by atoms with Crippen LogP contribution in [0.4, 0.5) is 10.6 Å². The number of amides is 1. The Morgan fingerprint density at radius 3 is 2.83 bits per heavy atom. The van der Waals surface area contributed by atoms with Crippen LogP contribution in [0.15, 0.2) is 24.3 Å². The molecule has 3 N–H and O–H groups in total. The number of halogens is 1. The van der Waals surface area contributed by atoms with Crippen LogP contribution >= 0.6 is 11.6 Å². The molecule has 0 aliphatic rings. The summed E-state index contributed by atoms with van der Waals surface area (Å²) in [6, 6.07) is 7.45. The van der Waals surface area contributed by atoms with Gasteiger partial charge < -0.3 is 15.7 Å². The first-order valence-electron chi connectivity index (χ1n) is 5.30. The lowest BCUT2D eigenvalue weighted by atomic mass is 10.2. The molecule has 94 valence electrons. The molecule has 0 saturated heterocycles. The van der Waals surface area contributed by atoms with E-state index in [0.29, 0.717) is 12.4 Å². The number of aromatic nitrogens is 2. The SMILES string of the molecule is O=C(O)NCCNc1nc(Cl)nc2ccccc12. The van der Waals surface area contributed by atoms with Crippen LogP contribution in [-0.2, 0) is 0 Å². The number of para-hydroxylation sites is 1. The van der Waals surface area contributed by atoms with E-state index in [0.717, 1.165) is 10.9 Å². The van der Waals surface area contributed by atoms with Gasteiger partial charge in [0.25, 0.3) is 0 Å². The quantitative estimate of drug-likeness (QED) is 0.582. The summed E-state index contributed by atoms with van der Waals surface area (Å²) in [5, 5.41) is 14.7. The summed E-state index contributed by atoms with van der Waals surface area (Å²) in [7, 11) is 0. The number of benzene rings is 1. The maximum atomic E-state index is 10.3. The number of rotatable bonds is 4. The number of carboxylic acid groups (broad SMARTS) is 1. The van der Waals surface area contributed by atoms with E-state index in [9.17, 15) is 4.79 Å². The molecule has 2 rings (SSSR count). The predicted octanol–water partition coefficient (Wildman–Crippen LogP) is 1.96. The van der Waals surface area contributed by atoms with Crippen LogP contribution in [0, 0.1) is 0 Å². The lowest BCUT2D eigenvalue weighted by Gasteiger charge is -2.08. The third kappa shape index (κ3) is 2.98. The highest BCUT2D eigenvalue weighted by atomic mass is 35.5. The van der Waals surface area contributed by atoms with Crippen molar-refractivity contribution < 1.29 is 9.90 Å². The van der Waals surface area contributed by atoms with E-state index >= 15 is 0 Å². The van der Waals surface area contributed by atoms with Crippen molar-refractivity contribution in [1.82, 2.24) is 15.3 Å². The smallest absolute Gasteiger partial charge is 0.404 e. The Hall–Kier alpha value is -2.08. The highest BCUT2D eigenvalue weighted by molar-refractivity contribution is 6.28. The molecule has 0 saturated carbocycles. The van der Waals surface area contributed by atoms with Crippen molar-refractivity contribution in [3.05, 3.63) is 29.5 Å². The largest absolute Gasteiger partial charge is 0.465 e. The van der Waals surface area contributed by atoms with Crippen molar-refractivity contribution in [2.24, 2.45) is 0 Å². The Kier molecular flexibility index (Phi) is 3.78. The van der Waals surface area contributed by atoms with Crippen LogP contribution in [0.5, 0.6) is 0 Å². The van der Waals surface area contributed by atoms with Gasteiger partial charge in [-0.2, -0.15) is 0 Å². The molecule has 0 bridgehead atoms. The summed E-state index contributed by atoms with van der Waals surface area (Å²) in [6.07, 6.45) is -1.05. The van der Waals surface area contributed by atoms with Gasteiger partial charge >= 0.3 is 6.09 Å². The zero-order chi connectivity index (χ0) is 13.0. The molecular formula is C11H11ClN4O2. The Balaban J connectivity index is 2.14. The molecule has 1 heterocycles. The van der Waals surface area contributed by atoms with E-state index in [-0.39, 0.29) is 11.8 Å². The van der Waals surface area contributed by atoms with Gasteiger partial charge in [-0.3, -0.25) is 0 Å². The lowest BCUT2D eigenvalue weighted by Crippen LogP contribution is -2.27. The average Bonchev–Trinajstić information content (AvgIpc) is 2.34. The molecule has 0 aliphatic heterocycles. The molecule has 2 aromatic rings. The van der Waals surface area contributed by atoms with Crippen LogP contribution in [0.3, 0.4) is 0 Å². The van der Waals surface area contributed by atoms with E-state index in [4.69, 9.17) is 16.7 Å². The van der Waals surface area contributed by atoms with Crippen molar-refractivity contribution in [2.75, 3.05) is 18.4 Å². The van der Waals surface area contributed by atoms with Gasteiger partial charge in [0.05, 0.1) is 5.52 Å². The van der Waals surface area contributed by atoms with Crippen molar-refractivity contribution in [3.63, 3.8) is 0 Å². The molecule has 1 amide bonds. The molecule has 0 unspecified atom stereocenters. The van der Waals surface area contributed by atoms with Gasteiger partial charge in [0, 0.05) is 18.5 Å². The van der Waals surface area contributed by atoms with Gasteiger partial charge in [0.1, 0.15) is 5.82 Å². The van der Waals surface area contributed by atoms with Gasteiger partial charge in [0.2, 0.25) is 5.28 Å². The van der Waals surface area contributed by atoms with Crippen LogP contribution in [0.2, 0.25) is 5.28 Å². The zero-order valence-electron chi connectivity index (χ0n) is 9.35. The van der Waals surface area contributed by atoms with Crippen LogP contribution in [0.1, 0.15) is 0 Å². The molecular weight excluding hydrogens is 256 g/mol. The van der Waals surface area contributed by atoms with Gasteiger partial charge in [-0.05, 0) is 23.7 Å². The van der Waals surface area contributed by atoms with Crippen LogP contribution in [-0.4, -0.2) is 34.3 Å². The predicted molar refractivity (Wildman–Crippen MR) is 69.1 cm³/mol. The summed E-state index contributed by atoms with van der Waals surface area (Å²) in [5.41, 5.74) is 0.742. The summed E-state index contributed by atoms with van der Waals surface area (Å²) in [4.78, 5) is 18.5. The van der Waals surface area contributed by atoms with E-state index in [2.05, 4.69) is 20.6 Å². The van der Waals surface area contributed by atoms with Crippen molar-refractivity contribution >= 4 is 34.4 Å². The number of carbonyl (C=O) groups is 1. The molecule has 0 fully saturated rings. The van der Waals surface area contributed by atoms with Gasteiger partial charge in [0.15, 0.2) is 0 Å². The van der Waals surface area contributed by atoms with E-state index in [1.807, 2.05) is 24.3 Å². The minimum atomic E-state index is -1.05. The highest BCUT2D eigenvalue weighted by Crippen LogP contribution is 2.21. The Morgan fingerprint density at radius 2 is 2.06 bits per heavy atom. The second kappa shape index (κ2) is 5.50. The van der Waals surface area contributed by atoms with Crippen LogP contribution < -0.4 is 10.6 Å². The third-order valence-corrected chi connectivity index (χ3v) is 2.44. The maximum absolute atomic E-state index is 10.3. The highest BCUT2D eigenvalue weighted by Gasteiger charge is 2.05. The fourth-order valence-electron chi connectivity index (χ4n) is 1.53. The molecule has 0 spiro atoms. The average molecular weight is 267 g/mol. The lowest BCUT2D eigenvalue weighted by molar-refractivity contribution is 0.195. The maximum Gasteiger partial charge on any atom is 0.404 e. The first-order valence-corrected chi connectivity index (χ1v) is 5.67. The summed E-state index contributed by atoms with van der Waals surface area (Å²) in [6.45, 7) is 0.703. The number of hydrogen-bond acceptors (Lipinski definition) is 4. The minimum Gasteiger partial charge on any atom is -0.465 e. The second-order valence-electron chi connectivity index (χ2n) is 3.52. The van der Waals surface area contributed by atoms with Gasteiger partial charge in [-0.25, -0.2) is 14.8 Å². The summed E-state index contributed by atoms with van der Waals surface area (Å²) in [5.74, 6) is 0.595. The van der Waals surface area contributed by atoms with Gasteiger partial charge in [-0.1, -0.05) is 12.1 Å². The topological polar surface area (TPSA) is 87.1 Å².